The second kappa shape index (κ2) is 10.2. The smallest absolute Gasteiger partial charge is 0.293 e. The number of pyridine rings is 1. The molecule has 3 heterocycles. The van der Waals surface area contributed by atoms with E-state index in [0.29, 0.717) is 23.5 Å². The number of fused-ring (bicyclic) bond motifs is 1. The van der Waals surface area contributed by atoms with Gasteiger partial charge in [-0.1, -0.05) is 6.07 Å². The number of hydrogen-bond acceptors (Lipinski definition) is 5. The van der Waals surface area contributed by atoms with Gasteiger partial charge in [-0.15, -0.1) is 0 Å². The number of nitrogens with one attached hydrogen (secondary N) is 2. The van der Waals surface area contributed by atoms with Gasteiger partial charge in [0.05, 0.1) is 18.3 Å². The molecule has 0 bridgehead atoms. The second-order valence-electron chi connectivity index (χ2n) is 8.07. The van der Waals surface area contributed by atoms with Crippen LogP contribution >= 0.6 is 0 Å². The molecule has 9 heteroatoms. The minimum absolute atomic E-state index is 0.0779. The van der Waals surface area contributed by atoms with E-state index in [9.17, 15) is 13.6 Å². The van der Waals surface area contributed by atoms with Crippen LogP contribution in [0.5, 0.6) is 0 Å². The van der Waals surface area contributed by atoms with Crippen LogP contribution in [0, 0.1) is 17.6 Å². The molecule has 0 spiro atoms. The van der Waals surface area contributed by atoms with Gasteiger partial charge in [0.15, 0.2) is 0 Å². The van der Waals surface area contributed by atoms with E-state index in [-0.39, 0.29) is 12.2 Å². The average molecular weight is 444 g/mol. The van der Waals surface area contributed by atoms with Gasteiger partial charge in [-0.25, -0.2) is 19.2 Å². The number of carbonyl (C=O) groups excluding carboxylic acids is 1. The number of ether oxygens (including phenoxy) is 1. The van der Waals surface area contributed by atoms with Crippen LogP contribution in [0.25, 0.3) is 10.9 Å². The van der Waals surface area contributed by atoms with Crippen molar-refractivity contribution in [1.82, 2.24) is 20.3 Å². The molecule has 1 aromatic carbocycles. The number of amides is 1. The van der Waals surface area contributed by atoms with E-state index in [2.05, 4.69) is 10.3 Å². The fourth-order valence-corrected chi connectivity index (χ4v) is 4.11. The highest BCUT2D eigenvalue weighted by Crippen LogP contribution is 2.24. The first-order valence-corrected chi connectivity index (χ1v) is 10.7. The maximum absolute atomic E-state index is 14.2. The Balaban J connectivity index is 1.55. The molecule has 1 amide bonds. The highest BCUT2D eigenvalue weighted by atomic mass is 19.1. The molecule has 1 aliphatic rings. The van der Waals surface area contributed by atoms with Crippen LogP contribution in [0.2, 0.25) is 0 Å². The van der Waals surface area contributed by atoms with E-state index in [0.717, 1.165) is 56.0 Å². The summed E-state index contributed by atoms with van der Waals surface area (Å²) >= 11 is 0. The molecule has 3 aromatic rings. The summed E-state index contributed by atoms with van der Waals surface area (Å²) in [5.74, 6) is -1.29. The maximum atomic E-state index is 14.2. The molecule has 0 unspecified atom stereocenters. The lowest BCUT2D eigenvalue weighted by Gasteiger charge is -2.21. The molecule has 0 radical (unpaired) electrons. The first-order chi connectivity index (χ1) is 15.5. The number of hydrogen-bond donors (Lipinski definition) is 3. The Bertz CT molecular complexity index is 1100. The summed E-state index contributed by atoms with van der Waals surface area (Å²) < 4.78 is 34.7. The second-order valence-corrected chi connectivity index (χ2v) is 8.07. The molecule has 32 heavy (non-hydrogen) atoms. The van der Waals surface area contributed by atoms with Crippen LogP contribution in [0.1, 0.15) is 40.9 Å². The Morgan fingerprint density at radius 1 is 1.22 bits per heavy atom. The van der Waals surface area contributed by atoms with Crippen molar-refractivity contribution in [3.8, 4) is 0 Å². The van der Waals surface area contributed by atoms with Gasteiger partial charge in [-0.2, -0.15) is 0 Å². The lowest BCUT2D eigenvalue weighted by Crippen LogP contribution is -2.22. The van der Waals surface area contributed by atoms with Crippen LogP contribution in [0.15, 0.2) is 36.7 Å². The molecular formula is C23H26F2N4O3. The zero-order valence-electron chi connectivity index (χ0n) is 17.6. The van der Waals surface area contributed by atoms with E-state index in [4.69, 9.17) is 9.94 Å². The van der Waals surface area contributed by atoms with Gasteiger partial charge >= 0.3 is 0 Å². The van der Waals surface area contributed by atoms with Crippen LogP contribution in [0.4, 0.5) is 8.78 Å². The summed E-state index contributed by atoms with van der Waals surface area (Å²) in [5.41, 5.74) is 3.65. The molecule has 0 atom stereocenters. The van der Waals surface area contributed by atoms with Crippen molar-refractivity contribution in [2.75, 3.05) is 19.8 Å². The lowest BCUT2D eigenvalue weighted by atomic mass is 9.97. The quantitative estimate of drug-likeness (QED) is 0.282. The highest BCUT2D eigenvalue weighted by molar-refractivity contribution is 5.96. The molecule has 1 fully saturated rings. The molecule has 7 nitrogen and oxygen atoms in total. The van der Waals surface area contributed by atoms with Crippen molar-refractivity contribution < 1.29 is 23.5 Å². The zero-order chi connectivity index (χ0) is 22.5. The largest absolute Gasteiger partial charge is 0.381 e. The number of halogens is 2. The molecule has 170 valence electrons. The van der Waals surface area contributed by atoms with Gasteiger partial charge < -0.3 is 14.6 Å². The number of rotatable bonds is 8. The number of hydroxylamine groups is 1. The monoisotopic (exact) mass is 444 g/mol. The van der Waals surface area contributed by atoms with Crippen molar-refractivity contribution in [3.05, 3.63) is 65.1 Å². The van der Waals surface area contributed by atoms with E-state index in [1.807, 2.05) is 10.8 Å². The van der Waals surface area contributed by atoms with Gasteiger partial charge in [0, 0.05) is 43.0 Å². The minimum atomic E-state index is -0.706. The van der Waals surface area contributed by atoms with Crippen molar-refractivity contribution in [1.29, 1.82) is 0 Å². The molecular weight excluding hydrogens is 418 g/mol. The predicted octanol–water partition coefficient (Wildman–Crippen LogP) is 3.39. The van der Waals surface area contributed by atoms with Crippen LogP contribution < -0.4 is 10.8 Å². The molecule has 3 N–H and O–H groups in total. The van der Waals surface area contributed by atoms with Gasteiger partial charge in [0.25, 0.3) is 5.91 Å². The van der Waals surface area contributed by atoms with Crippen LogP contribution in [-0.4, -0.2) is 40.4 Å². The average Bonchev–Trinajstić information content (AvgIpc) is 3.15. The van der Waals surface area contributed by atoms with Crippen molar-refractivity contribution in [2.45, 2.75) is 32.4 Å². The van der Waals surface area contributed by atoms with E-state index in [1.165, 1.54) is 18.3 Å². The summed E-state index contributed by atoms with van der Waals surface area (Å²) in [6, 6.07) is 5.11. The number of benzene rings is 1. The Morgan fingerprint density at radius 2 is 2.03 bits per heavy atom. The first-order valence-electron chi connectivity index (χ1n) is 10.7. The highest BCUT2D eigenvalue weighted by Gasteiger charge is 2.16. The number of nitrogens with zero attached hydrogens (tertiary/aromatic N) is 2. The lowest BCUT2D eigenvalue weighted by molar-refractivity contribution is 0.0639. The number of carbonyl (C=O) groups is 1. The molecule has 1 saturated heterocycles. The van der Waals surface area contributed by atoms with E-state index >= 15 is 0 Å². The Kier molecular flexibility index (Phi) is 7.09. The summed E-state index contributed by atoms with van der Waals surface area (Å²) in [7, 11) is 0. The predicted molar refractivity (Wildman–Crippen MR) is 114 cm³/mol. The molecule has 1 aliphatic heterocycles. The third-order valence-electron chi connectivity index (χ3n) is 5.93. The molecule has 2 aromatic heterocycles. The Hall–Kier alpha value is -2.88. The summed E-state index contributed by atoms with van der Waals surface area (Å²) in [5, 5.41) is 13.2. The zero-order valence-corrected chi connectivity index (χ0v) is 17.6. The molecule has 0 aliphatic carbocycles. The van der Waals surface area contributed by atoms with Gasteiger partial charge in [0.2, 0.25) is 0 Å². The SMILES string of the molecule is O=C(NO)c1cc2c(CNCCC3CCOCC3)cn(Cc3ccc(F)cc3F)c2cn1. The summed E-state index contributed by atoms with van der Waals surface area (Å²) in [4.78, 5) is 15.9. The fraction of sp³-hybridized carbons (Fsp3) is 0.391. The molecule has 4 rings (SSSR count). The van der Waals surface area contributed by atoms with E-state index in [1.54, 1.807) is 11.5 Å². The van der Waals surface area contributed by atoms with Gasteiger partial charge in [0.1, 0.15) is 17.3 Å². The Morgan fingerprint density at radius 3 is 2.78 bits per heavy atom. The van der Waals surface area contributed by atoms with Crippen molar-refractivity contribution in [2.24, 2.45) is 5.92 Å². The van der Waals surface area contributed by atoms with Crippen LogP contribution in [-0.2, 0) is 17.8 Å². The fourth-order valence-electron chi connectivity index (χ4n) is 4.11. The summed E-state index contributed by atoms with van der Waals surface area (Å²) in [6.45, 7) is 3.24. The maximum Gasteiger partial charge on any atom is 0.293 e. The minimum Gasteiger partial charge on any atom is -0.381 e. The third kappa shape index (κ3) is 5.12. The van der Waals surface area contributed by atoms with Crippen LogP contribution in [0.3, 0.4) is 0 Å². The molecule has 0 saturated carbocycles. The third-order valence-corrected chi connectivity index (χ3v) is 5.93. The van der Waals surface area contributed by atoms with E-state index < -0.39 is 17.5 Å². The van der Waals surface area contributed by atoms with Crippen molar-refractivity contribution >= 4 is 16.8 Å². The van der Waals surface area contributed by atoms with Gasteiger partial charge in [-0.05, 0) is 49.4 Å². The number of aromatic nitrogens is 2. The topological polar surface area (TPSA) is 88.4 Å². The Labute approximate surface area is 184 Å². The first kappa shape index (κ1) is 22.3. The van der Waals surface area contributed by atoms with Gasteiger partial charge in [-0.3, -0.25) is 10.0 Å². The normalized spacial score (nSPS) is 14.7. The van der Waals surface area contributed by atoms with Crippen molar-refractivity contribution in [3.63, 3.8) is 0 Å². The standard InChI is InChI=1S/C23H26F2N4O3/c24-18-2-1-16(20(25)9-18)13-29-14-17(11-26-6-3-15-4-7-32-8-5-15)19-10-21(23(30)28-31)27-12-22(19)29/h1-2,9-10,12,14-15,26,31H,3-8,11,13H2,(H,28,30). The summed E-state index contributed by atoms with van der Waals surface area (Å²) in [6.07, 6.45) is 6.62.